The topological polar surface area (TPSA) is 71.5 Å². The highest BCUT2D eigenvalue weighted by molar-refractivity contribution is 6.01. The van der Waals surface area contributed by atoms with E-state index >= 15 is 0 Å². The average molecular weight is 338 g/mol. The predicted molar refractivity (Wildman–Crippen MR) is 97.2 cm³/mol. The maximum Gasteiger partial charge on any atom is 0.248 e. The molecule has 0 radical (unpaired) electrons. The quantitative estimate of drug-likeness (QED) is 0.820. The van der Waals surface area contributed by atoms with E-state index in [1.807, 2.05) is 24.3 Å². The van der Waals surface area contributed by atoms with Gasteiger partial charge in [0.15, 0.2) is 0 Å². The van der Waals surface area contributed by atoms with Gasteiger partial charge in [-0.2, -0.15) is 0 Å². The van der Waals surface area contributed by atoms with Crippen LogP contribution >= 0.6 is 0 Å². The number of nitrogens with zero attached hydrogens (tertiary/aromatic N) is 1. The first-order valence-corrected chi connectivity index (χ1v) is 8.54. The molecule has 1 aliphatic rings. The number of nitrogens with one attached hydrogen (secondary N) is 1. The van der Waals surface area contributed by atoms with Gasteiger partial charge in [-0.25, -0.2) is 0 Å². The number of rotatable bonds is 5. The Balaban J connectivity index is 1.53. The van der Waals surface area contributed by atoms with Crippen LogP contribution in [-0.2, 0) is 4.79 Å². The van der Waals surface area contributed by atoms with Gasteiger partial charge in [-0.05, 0) is 61.2 Å². The van der Waals surface area contributed by atoms with Crippen molar-refractivity contribution in [2.75, 3.05) is 5.32 Å². The number of amides is 1. The second-order valence-corrected chi connectivity index (χ2v) is 6.14. The number of aliphatic hydroxyl groups is 1. The van der Waals surface area contributed by atoms with Crippen LogP contribution in [0.25, 0.3) is 6.08 Å². The molecular weight excluding hydrogens is 316 g/mol. The molecule has 1 aromatic heterocycles. The number of ether oxygens (including phenoxy) is 1. The average Bonchev–Trinajstić information content (AvgIpc) is 2.64. The van der Waals surface area contributed by atoms with E-state index in [4.69, 9.17) is 4.74 Å². The summed E-state index contributed by atoms with van der Waals surface area (Å²) in [5.74, 6) is 0.495. The molecule has 2 aromatic rings. The Bertz CT molecular complexity index is 713. The van der Waals surface area contributed by atoms with Gasteiger partial charge in [-0.3, -0.25) is 9.78 Å². The molecular formula is C20H22N2O3. The lowest BCUT2D eigenvalue weighted by Crippen LogP contribution is -2.34. The van der Waals surface area contributed by atoms with Gasteiger partial charge in [0.05, 0.1) is 6.10 Å². The van der Waals surface area contributed by atoms with Crippen molar-refractivity contribution >= 4 is 17.7 Å². The molecule has 0 aliphatic heterocycles. The maximum atomic E-state index is 11.9. The Morgan fingerprint density at radius 3 is 2.72 bits per heavy atom. The zero-order chi connectivity index (χ0) is 17.5. The van der Waals surface area contributed by atoms with E-state index in [1.165, 1.54) is 6.08 Å². The molecule has 1 saturated carbocycles. The van der Waals surface area contributed by atoms with Crippen LogP contribution in [0.4, 0.5) is 5.69 Å². The van der Waals surface area contributed by atoms with Crippen LogP contribution in [0.3, 0.4) is 0 Å². The first kappa shape index (κ1) is 17.2. The van der Waals surface area contributed by atoms with Crippen LogP contribution in [0.1, 0.15) is 31.2 Å². The second kappa shape index (κ2) is 8.44. The van der Waals surface area contributed by atoms with Crippen molar-refractivity contribution in [1.82, 2.24) is 4.98 Å². The monoisotopic (exact) mass is 338 g/mol. The molecule has 5 nitrogen and oxygen atoms in total. The zero-order valence-corrected chi connectivity index (χ0v) is 14.0. The summed E-state index contributed by atoms with van der Waals surface area (Å²) in [5.41, 5.74) is 1.56. The van der Waals surface area contributed by atoms with E-state index in [0.29, 0.717) is 11.4 Å². The Kier molecular flexibility index (Phi) is 5.80. The van der Waals surface area contributed by atoms with Crippen molar-refractivity contribution in [1.29, 1.82) is 0 Å². The van der Waals surface area contributed by atoms with Crippen LogP contribution in [-0.4, -0.2) is 28.2 Å². The summed E-state index contributed by atoms with van der Waals surface area (Å²) < 4.78 is 5.85. The fourth-order valence-corrected chi connectivity index (χ4v) is 2.84. The van der Waals surface area contributed by atoms with Gasteiger partial charge < -0.3 is 15.2 Å². The molecule has 1 aliphatic carbocycles. The van der Waals surface area contributed by atoms with Gasteiger partial charge >= 0.3 is 0 Å². The summed E-state index contributed by atoms with van der Waals surface area (Å²) >= 11 is 0. The molecule has 3 rings (SSSR count). The summed E-state index contributed by atoms with van der Waals surface area (Å²) in [7, 11) is 0. The highest BCUT2D eigenvalue weighted by atomic mass is 16.5. The number of benzene rings is 1. The Morgan fingerprint density at radius 2 is 2.00 bits per heavy atom. The van der Waals surface area contributed by atoms with Crippen molar-refractivity contribution in [3.05, 3.63) is 60.4 Å². The fraction of sp³-hybridized carbons (Fsp3) is 0.300. The normalized spacial score (nSPS) is 20.4. The summed E-state index contributed by atoms with van der Waals surface area (Å²) in [5, 5.41) is 12.8. The zero-order valence-electron chi connectivity index (χ0n) is 14.0. The summed E-state index contributed by atoms with van der Waals surface area (Å²) in [6.07, 6.45) is 9.83. The number of carbonyl (C=O) groups excluding carboxylic acids is 1. The Labute approximate surface area is 147 Å². The summed E-state index contributed by atoms with van der Waals surface area (Å²) in [6.45, 7) is 0. The van der Waals surface area contributed by atoms with Gasteiger partial charge in [-0.1, -0.05) is 12.5 Å². The predicted octanol–water partition coefficient (Wildman–Crippen LogP) is 3.42. The number of anilines is 1. The Morgan fingerprint density at radius 1 is 1.20 bits per heavy atom. The molecule has 0 saturated heterocycles. The number of hydrogen-bond donors (Lipinski definition) is 2. The minimum Gasteiger partial charge on any atom is -0.488 e. The lowest BCUT2D eigenvalue weighted by Gasteiger charge is -2.28. The SMILES string of the molecule is O=C(C=Cc1cccnc1)Nc1ccc(OC2CCCCC2O)cc1. The van der Waals surface area contributed by atoms with Crippen LogP contribution in [0.2, 0.25) is 0 Å². The molecule has 1 heterocycles. The van der Waals surface area contributed by atoms with Gasteiger partial charge in [0.1, 0.15) is 11.9 Å². The summed E-state index contributed by atoms with van der Waals surface area (Å²) in [4.78, 5) is 15.9. The van der Waals surface area contributed by atoms with E-state index in [-0.39, 0.29) is 12.0 Å². The molecule has 1 amide bonds. The maximum absolute atomic E-state index is 11.9. The van der Waals surface area contributed by atoms with E-state index in [9.17, 15) is 9.90 Å². The van der Waals surface area contributed by atoms with E-state index < -0.39 is 6.10 Å². The van der Waals surface area contributed by atoms with E-state index in [2.05, 4.69) is 10.3 Å². The fourth-order valence-electron chi connectivity index (χ4n) is 2.84. The van der Waals surface area contributed by atoms with E-state index in [1.54, 1.807) is 30.6 Å². The third kappa shape index (κ3) is 5.16. The third-order valence-electron chi connectivity index (χ3n) is 4.19. The second-order valence-electron chi connectivity index (χ2n) is 6.14. The van der Waals surface area contributed by atoms with Gasteiger partial charge in [0.2, 0.25) is 5.91 Å². The smallest absolute Gasteiger partial charge is 0.248 e. The molecule has 5 heteroatoms. The number of hydrogen-bond acceptors (Lipinski definition) is 4. The lowest BCUT2D eigenvalue weighted by atomic mass is 9.95. The largest absolute Gasteiger partial charge is 0.488 e. The molecule has 130 valence electrons. The highest BCUT2D eigenvalue weighted by Crippen LogP contribution is 2.24. The molecule has 1 fully saturated rings. The van der Waals surface area contributed by atoms with Crippen molar-refractivity contribution in [3.8, 4) is 5.75 Å². The van der Waals surface area contributed by atoms with E-state index in [0.717, 1.165) is 31.2 Å². The van der Waals surface area contributed by atoms with Crippen molar-refractivity contribution in [2.24, 2.45) is 0 Å². The number of aliphatic hydroxyl groups excluding tert-OH is 1. The van der Waals surface area contributed by atoms with Gasteiger partial charge in [0.25, 0.3) is 0 Å². The van der Waals surface area contributed by atoms with Crippen LogP contribution < -0.4 is 10.1 Å². The number of carbonyl (C=O) groups is 1. The molecule has 2 N–H and O–H groups in total. The van der Waals surface area contributed by atoms with Crippen molar-refractivity contribution in [2.45, 2.75) is 37.9 Å². The number of aromatic nitrogens is 1. The van der Waals surface area contributed by atoms with Gasteiger partial charge in [-0.15, -0.1) is 0 Å². The van der Waals surface area contributed by atoms with Crippen molar-refractivity contribution < 1.29 is 14.6 Å². The molecule has 0 bridgehead atoms. The van der Waals surface area contributed by atoms with Crippen LogP contribution in [0.15, 0.2) is 54.9 Å². The first-order valence-electron chi connectivity index (χ1n) is 8.54. The van der Waals surface area contributed by atoms with Crippen LogP contribution in [0, 0.1) is 0 Å². The third-order valence-corrected chi connectivity index (χ3v) is 4.19. The molecule has 25 heavy (non-hydrogen) atoms. The standard InChI is InChI=1S/C20H22N2O3/c23-18-5-1-2-6-19(18)25-17-10-8-16(9-11-17)22-20(24)12-7-15-4-3-13-21-14-15/h3-4,7-14,18-19,23H,1-2,5-6H2,(H,22,24). The minimum absolute atomic E-state index is 0.142. The molecule has 2 unspecified atom stereocenters. The molecule has 2 atom stereocenters. The summed E-state index contributed by atoms with van der Waals surface area (Å²) in [6, 6.07) is 10.9. The lowest BCUT2D eigenvalue weighted by molar-refractivity contribution is -0.111. The molecule has 1 aromatic carbocycles. The number of pyridine rings is 1. The van der Waals surface area contributed by atoms with Crippen LogP contribution in [0.5, 0.6) is 5.75 Å². The molecule has 0 spiro atoms. The minimum atomic E-state index is -0.397. The van der Waals surface area contributed by atoms with Crippen molar-refractivity contribution in [3.63, 3.8) is 0 Å². The van der Waals surface area contributed by atoms with Gasteiger partial charge in [0, 0.05) is 24.2 Å². The highest BCUT2D eigenvalue weighted by Gasteiger charge is 2.24. The first-order chi connectivity index (χ1) is 12.2. The Hall–Kier alpha value is -2.66.